The van der Waals surface area contributed by atoms with Gasteiger partial charge in [-0.15, -0.1) is 0 Å². The highest BCUT2D eigenvalue weighted by Gasteiger charge is 2.47. The van der Waals surface area contributed by atoms with Crippen LogP contribution in [0.3, 0.4) is 0 Å². The summed E-state index contributed by atoms with van der Waals surface area (Å²) in [4.78, 5) is 33.0. The molecule has 0 aromatic heterocycles. The van der Waals surface area contributed by atoms with Gasteiger partial charge in [-0.1, -0.05) is 0 Å². The number of aliphatic hydroxyl groups is 2. The molecule has 1 aliphatic heterocycles. The predicted octanol–water partition coefficient (Wildman–Crippen LogP) is -1.94. The third-order valence-corrected chi connectivity index (χ3v) is 2.82. The Bertz CT molecular complexity index is 412. The van der Waals surface area contributed by atoms with Crippen molar-refractivity contribution in [3.8, 4) is 0 Å². The third-order valence-electron chi connectivity index (χ3n) is 2.82. The number of hydrogen-bond donors (Lipinski definition) is 3. The highest BCUT2D eigenvalue weighted by Crippen LogP contribution is 2.23. The first kappa shape index (κ1) is 17.3. The van der Waals surface area contributed by atoms with Gasteiger partial charge in [0.05, 0.1) is 0 Å². The van der Waals surface area contributed by atoms with E-state index in [9.17, 15) is 24.6 Å². The molecule has 21 heavy (non-hydrogen) atoms. The molecule has 0 spiro atoms. The minimum atomic E-state index is -1.53. The minimum absolute atomic E-state index is 0.321. The van der Waals surface area contributed by atoms with Crippen LogP contribution in [-0.4, -0.2) is 65.3 Å². The molecule has 1 amide bonds. The first-order valence-electron chi connectivity index (χ1n) is 6.31. The SMILES string of the molecule is CC(=O)N[C@H]1C(O)O[C@H](COC(C)=O)[C@H](O)[C@@H]1OC(C)=O. The lowest BCUT2D eigenvalue weighted by Crippen LogP contribution is -2.65. The number of esters is 2. The summed E-state index contributed by atoms with van der Waals surface area (Å²) in [5.74, 6) is -1.78. The number of carbonyl (C=O) groups excluding carboxylic acids is 3. The molecule has 1 fully saturated rings. The molecule has 1 saturated heterocycles. The maximum Gasteiger partial charge on any atom is 0.303 e. The molecule has 1 heterocycles. The first-order chi connectivity index (χ1) is 9.72. The number of ether oxygens (including phenoxy) is 3. The Morgan fingerprint density at radius 3 is 2.24 bits per heavy atom. The summed E-state index contributed by atoms with van der Waals surface area (Å²) in [5.41, 5.74) is 0. The lowest BCUT2D eigenvalue weighted by Gasteiger charge is -2.42. The van der Waals surface area contributed by atoms with Crippen LogP contribution in [0.15, 0.2) is 0 Å². The number of rotatable bonds is 4. The van der Waals surface area contributed by atoms with Crippen LogP contribution in [0.2, 0.25) is 0 Å². The molecule has 5 atom stereocenters. The molecule has 0 bridgehead atoms. The second-order valence-electron chi connectivity index (χ2n) is 4.66. The Balaban J connectivity index is 2.87. The molecular formula is C12H19NO8. The Kier molecular flexibility index (Phi) is 6.06. The summed E-state index contributed by atoms with van der Waals surface area (Å²) in [6.45, 7) is 3.18. The van der Waals surface area contributed by atoms with Crippen molar-refractivity contribution in [2.45, 2.75) is 51.4 Å². The molecule has 1 rings (SSSR count). The Hall–Kier alpha value is -1.71. The maximum absolute atomic E-state index is 11.1. The normalized spacial score (nSPS) is 32.1. The summed E-state index contributed by atoms with van der Waals surface area (Å²) in [6, 6.07) is -1.13. The van der Waals surface area contributed by atoms with Gasteiger partial charge in [-0.3, -0.25) is 14.4 Å². The van der Waals surface area contributed by atoms with E-state index in [1.165, 1.54) is 13.8 Å². The van der Waals surface area contributed by atoms with Gasteiger partial charge < -0.3 is 29.7 Å². The van der Waals surface area contributed by atoms with Gasteiger partial charge in [-0.2, -0.15) is 0 Å². The molecule has 9 nitrogen and oxygen atoms in total. The van der Waals surface area contributed by atoms with Crippen LogP contribution < -0.4 is 5.32 Å². The van der Waals surface area contributed by atoms with Gasteiger partial charge in [0, 0.05) is 20.8 Å². The topological polar surface area (TPSA) is 131 Å². The lowest BCUT2D eigenvalue weighted by molar-refractivity contribution is -0.259. The van der Waals surface area contributed by atoms with Crippen molar-refractivity contribution in [3.05, 3.63) is 0 Å². The van der Waals surface area contributed by atoms with E-state index in [2.05, 4.69) is 5.32 Å². The Morgan fingerprint density at radius 2 is 1.76 bits per heavy atom. The first-order valence-corrected chi connectivity index (χ1v) is 6.31. The molecule has 0 radical (unpaired) electrons. The lowest BCUT2D eigenvalue weighted by atomic mass is 9.96. The van der Waals surface area contributed by atoms with Gasteiger partial charge in [0.1, 0.15) is 24.9 Å². The van der Waals surface area contributed by atoms with Crippen molar-refractivity contribution < 1.29 is 38.8 Å². The van der Waals surface area contributed by atoms with Gasteiger partial charge in [0.25, 0.3) is 0 Å². The zero-order valence-electron chi connectivity index (χ0n) is 11.9. The summed E-state index contributed by atoms with van der Waals surface area (Å²) in [7, 11) is 0. The maximum atomic E-state index is 11.1. The molecule has 9 heteroatoms. The van der Waals surface area contributed by atoms with E-state index in [0.29, 0.717) is 0 Å². The van der Waals surface area contributed by atoms with Gasteiger partial charge in [-0.25, -0.2) is 0 Å². The fraction of sp³-hybridized carbons (Fsp3) is 0.750. The molecule has 1 unspecified atom stereocenters. The van der Waals surface area contributed by atoms with Crippen molar-refractivity contribution >= 4 is 17.8 Å². The molecule has 0 aliphatic carbocycles. The number of carbonyl (C=O) groups is 3. The van der Waals surface area contributed by atoms with E-state index in [-0.39, 0.29) is 6.61 Å². The van der Waals surface area contributed by atoms with Crippen LogP contribution in [0.4, 0.5) is 0 Å². The Labute approximate surface area is 121 Å². The number of hydrogen-bond acceptors (Lipinski definition) is 8. The smallest absolute Gasteiger partial charge is 0.303 e. The highest BCUT2D eigenvalue weighted by molar-refractivity contribution is 5.73. The number of amides is 1. The highest BCUT2D eigenvalue weighted by atomic mass is 16.6. The molecule has 0 aromatic carbocycles. The largest absolute Gasteiger partial charge is 0.463 e. The fourth-order valence-electron chi connectivity index (χ4n) is 1.99. The summed E-state index contributed by atoms with van der Waals surface area (Å²) in [5, 5.41) is 22.4. The summed E-state index contributed by atoms with van der Waals surface area (Å²) in [6.07, 6.45) is -5.22. The van der Waals surface area contributed by atoms with Gasteiger partial charge in [0.2, 0.25) is 5.91 Å². The molecular weight excluding hydrogens is 286 g/mol. The fourth-order valence-corrected chi connectivity index (χ4v) is 1.99. The molecule has 0 aromatic rings. The molecule has 120 valence electrons. The van der Waals surface area contributed by atoms with Crippen molar-refractivity contribution in [1.29, 1.82) is 0 Å². The van der Waals surface area contributed by atoms with Gasteiger partial charge >= 0.3 is 11.9 Å². The van der Waals surface area contributed by atoms with Crippen molar-refractivity contribution in [3.63, 3.8) is 0 Å². The van der Waals surface area contributed by atoms with E-state index in [1.54, 1.807) is 0 Å². The average molecular weight is 305 g/mol. The second kappa shape index (κ2) is 7.34. The minimum Gasteiger partial charge on any atom is -0.463 e. The Morgan fingerprint density at radius 1 is 1.14 bits per heavy atom. The summed E-state index contributed by atoms with van der Waals surface area (Å²) >= 11 is 0. The third kappa shape index (κ3) is 4.96. The van der Waals surface area contributed by atoms with E-state index < -0.39 is 48.5 Å². The number of aliphatic hydroxyl groups excluding tert-OH is 2. The van der Waals surface area contributed by atoms with Crippen molar-refractivity contribution in [2.75, 3.05) is 6.61 Å². The van der Waals surface area contributed by atoms with Crippen LogP contribution in [0.1, 0.15) is 20.8 Å². The van der Waals surface area contributed by atoms with Crippen LogP contribution >= 0.6 is 0 Å². The molecule has 0 saturated carbocycles. The summed E-state index contributed by atoms with van der Waals surface area (Å²) < 4.78 is 14.7. The zero-order chi connectivity index (χ0) is 16.2. The monoisotopic (exact) mass is 305 g/mol. The van der Waals surface area contributed by atoms with Gasteiger partial charge in [-0.05, 0) is 0 Å². The second-order valence-corrected chi connectivity index (χ2v) is 4.66. The molecule has 1 aliphatic rings. The number of nitrogens with one attached hydrogen (secondary N) is 1. The quantitative estimate of drug-likeness (QED) is 0.511. The van der Waals surface area contributed by atoms with Crippen LogP contribution in [-0.2, 0) is 28.6 Å². The van der Waals surface area contributed by atoms with Crippen LogP contribution in [0.5, 0.6) is 0 Å². The standard InChI is InChI=1S/C12H19NO8/c1-5(14)13-9-11(20-7(3)16)10(17)8(21-12(9)18)4-19-6(2)15/h8-12,17-18H,4H2,1-3H3,(H,13,14)/t8-,9-,10+,11-,12?/m1/s1. The van der Waals surface area contributed by atoms with Crippen molar-refractivity contribution in [2.24, 2.45) is 0 Å². The predicted molar refractivity (Wildman–Crippen MR) is 66.7 cm³/mol. The van der Waals surface area contributed by atoms with Crippen molar-refractivity contribution in [1.82, 2.24) is 5.32 Å². The average Bonchev–Trinajstić information content (AvgIpc) is 2.35. The molecule has 3 N–H and O–H groups in total. The zero-order valence-corrected chi connectivity index (χ0v) is 11.9. The van der Waals surface area contributed by atoms with E-state index >= 15 is 0 Å². The van der Waals surface area contributed by atoms with E-state index in [1.807, 2.05) is 0 Å². The van der Waals surface area contributed by atoms with Crippen LogP contribution in [0, 0.1) is 0 Å². The van der Waals surface area contributed by atoms with Gasteiger partial charge in [0.15, 0.2) is 12.4 Å². The van der Waals surface area contributed by atoms with E-state index in [0.717, 1.165) is 6.92 Å². The van der Waals surface area contributed by atoms with Crippen LogP contribution in [0.25, 0.3) is 0 Å². The van der Waals surface area contributed by atoms with E-state index in [4.69, 9.17) is 14.2 Å².